The lowest BCUT2D eigenvalue weighted by atomic mass is 9.82. The molecule has 0 spiro atoms. The van der Waals surface area contributed by atoms with Gasteiger partial charge in [-0.15, -0.1) is 0 Å². The molecule has 0 radical (unpaired) electrons. The average Bonchev–Trinajstić information content (AvgIpc) is 2.60. The highest BCUT2D eigenvalue weighted by Crippen LogP contribution is 2.29. The van der Waals surface area contributed by atoms with Gasteiger partial charge in [-0.2, -0.15) is 0 Å². The maximum absolute atomic E-state index is 12.8. The van der Waals surface area contributed by atoms with Gasteiger partial charge in [0.25, 0.3) is 0 Å². The number of ketones is 1. The van der Waals surface area contributed by atoms with Crippen molar-refractivity contribution in [2.24, 2.45) is 11.8 Å². The third-order valence-electron chi connectivity index (χ3n) is 4.65. The van der Waals surface area contributed by atoms with Gasteiger partial charge in [-0.05, 0) is 51.3 Å². The quantitative estimate of drug-likeness (QED) is 0.455. The Bertz CT molecular complexity index is 720. The number of nitrogens with one attached hydrogen (secondary N) is 1. The van der Waals surface area contributed by atoms with E-state index in [1.54, 1.807) is 58.9 Å². The lowest BCUT2D eigenvalue weighted by Crippen LogP contribution is -2.34. The summed E-state index contributed by atoms with van der Waals surface area (Å²) in [6.45, 7) is 12.6. The highest BCUT2D eigenvalue weighted by molar-refractivity contribution is 6.00. The van der Waals surface area contributed by atoms with Crippen molar-refractivity contribution in [3.05, 3.63) is 29.8 Å². The van der Waals surface area contributed by atoms with Crippen LogP contribution >= 0.6 is 0 Å². The molecule has 3 unspecified atom stereocenters. The number of ether oxygens (including phenoxy) is 2. The minimum Gasteiger partial charge on any atom is -0.465 e. The summed E-state index contributed by atoms with van der Waals surface area (Å²) in [4.78, 5) is 37.2. The molecule has 2 N–H and O–H groups in total. The van der Waals surface area contributed by atoms with Crippen LogP contribution < -0.4 is 5.32 Å². The van der Waals surface area contributed by atoms with E-state index in [1.807, 2.05) is 13.8 Å². The SMILES string of the molecule is CCOC(=O)C(C(=O)CC(O)C(C)C)C(C)c1ccc(NC(=O)OC(C)(C)C)cc1. The summed E-state index contributed by atoms with van der Waals surface area (Å²) in [6.07, 6.45) is -1.49. The van der Waals surface area contributed by atoms with Gasteiger partial charge in [-0.3, -0.25) is 14.9 Å². The lowest BCUT2D eigenvalue weighted by Gasteiger charge is -2.24. The number of amides is 1. The van der Waals surface area contributed by atoms with Crippen LogP contribution in [0, 0.1) is 11.8 Å². The van der Waals surface area contributed by atoms with Crippen molar-refractivity contribution < 1.29 is 29.0 Å². The van der Waals surface area contributed by atoms with E-state index >= 15 is 0 Å². The minimum absolute atomic E-state index is 0.0923. The molecule has 7 nitrogen and oxygen atoms in total. The van der Waals surface area contributed by atoms with Crippen LogP contribution in [0.4, 0.5) is 10.5 Å². The van der Waals surface area contributed by atoms with Crippen molar-refractivity contribution in [2.75, 3.05) is 11.9 Å². The van der Waals surface area contributed by atoms with Gasteiger partial charge in [-0.1, -0.05) is 32.9 Å². The molecule has 3 atom stereocenters. The van der Waals surface area contributed by atoms with E-state index in [-0.39, 0.29) is 24.7 Å². The second kappa shape index (κ2) is 11.1. The van der Waals surface area contributed by atoms with E-state index in [0.717, 1.165) is 5.56 Å². The summed E-state index contributed by atoms with van der Waals surface area (Å²) in [5.74, 6) is -2.50. The number of aliphatic hydroxyl groups excluding tert-OH is 1. The van der Waals surface area contributed by atoms with Crippen LogP contribution in [0.25, 0.3) is 0 Å². The van der Waals surface area contributed by atoms with Gasteiger partial charge < -0.3 is 14.6 Å². The van der Waals surface area contributed by atoms with Gasteiger partial charge in [0, 0.05) is 18.0 Å². The topological polar surface area (TPSA) is 102 Å². The normalized spacial score (nSPS) is 14.6. The maximum Gasteiger partial charge on any atom is 0.412 e. The summed E-state index contributed by atoms with van der Waals surface area (Å²) in [5.41, 5.74) is 0.677. The largest absolute Gasteiger partial charge is 0.465 e. The average molecular weight is 422 g/mol. The van der Waals surface area contributed by atoms with E-state index in [9.17, 15) is 19.5 Å². The zero-order valence-electron chi connectivity index (χ0n) is 19.0. The Morgan fingerprint density at radius 3 is 2.10 bits per heavy atom. The van der Waals surface area contributed by atoms with Crippen molar-refractivity contribution in [3.63, 3.8) is 0 Å². The number of hydrogen-bond donors (Lipinski definition) is 2. The number of esters is 1. The number of hydrogen-bond acceptors (Lipinski definition) is 6. The minimum atomic E-state index is -1.01. The highest BCUT2D eigenvalue weighted by atomic mass is 16.6. The van der Waals surface area contributed by atoms with Crippen LogP contribution in [0.2, 0.25) is 0 Å². The van der Waals surface area contributed by atoms with Crippen molar-refractivity contribution in [1.82, 2.24) is 0 Å². The third kappa shape index (κ3) is 8.14. The first kappa shape index (κ1) is 25.6. The molecule has 1 rings (SSSR count). The van der Waals surface area contributed by atoms with Gasteiger partial charge in [0.05, 0.1) is 12.7 Å². The van der Waals surface area contributed by atoms with Gasteiger partial charge in [0.2, 0.25) is 0 Å². The fourth-order valence-corrected chi connectivity index (χ4v) is 2.90. The fourth-order valence-electron chi connectivity index (χ4n) is 2.90. The van der Waals surface area contributed by atoms with Crippen molar-refractivity contribution in [2.45, 2.75) is 72.5 Å². The third-order valence-corrected chi connectivity index (χ3v) is 4.65. The molecule has 0 aromatic heterocycles. The van der Waals surface area contributed by atoms with E-state index in [4.69, 9.17) is 9.47 Å². The molecule has 0 saturated heterocycles. The monoisotopic (exact) mass is 421 g/mol. The molecule has 0 aliphatic carbocycles. The number of carbonyl (C=O) groups is 3. The van der Waals surface area contributed by atoms with Crippen LogP contribution in [-0.2, 0) is 19.1 Å². The molecule has 1 aromatic rings. The second-order valence-corrected chi connectivity index (χ2v) is 8.75. The van der Waals surface area contributed by atoms with Gasteiger partial charge in [0.1, 0.15) is 17.3 Å². The number of carbonyl (C=O) groups excluding carboxylic acids is 3. The molecule has 7 heteroatoms. The van der Waals surface area contributed by atoms with Crippen LogP contribution in [0.15, 0.2) is 24.3 Å². The van der Waals surface area contributed by atoms with Crippen LogP contribution in [0.1, 0.15) is 66.4 Å². The molecule has 0 heterocycles. The van der Waals surface area contributed by atoms with Crippen molar-refractivity contribution in [3.8, 4) is 0 Å². The summed E-state index contributed by atoms with van der Waals surface area (Å²) < 4.78 is 10.3. The number of rotatable bonds is 9. The van der Waals surface area contributed by atoms with Gasteiger partial charge in [-0.25, -0.2) is 4.79 Å². The van der Waals surface area contributed by atoms with E-state index in [2.05, 4.69) is 5.32 Å². The summed E-state index contributed by atoms with van der Waals surface area (Å²) >= 11 is 0. The molecule has 1 amide bonds. The zero-order valence-corrected chi connectivity index (χ0v) is 19.0. The Balaban J connectivity index is 2.98. The standard InChI is InChI=1S/C23H35NO6/c1-8-29-21(27)20(19(26)13-18(25)14(2)3)15(4)16-9-11-17(12-10-16)24-22(28)30-23(5,6)7/h9-12,14-15,18,20,25H,8,13H2,1-7H3,(H,24,28). The molecule has 0 aliphatic rings. The number of anilines is 1. The molecule has 1 aromatic carbocycles. The Hall–Kier alpha value is -2.41. The number of aliphatic hydroxyl groups is 1. The summed E-state index contributed by atoms with van der Waals surface area (Å²) in [7, 11) is 0. The Labute approximate surface area is 179 Å². The highest BCUT2D eigenvalue weighted by Gasteiger charge is 2.35. The predicted molar refractivity (Wildman–Crippen MR) is 115 cm³/mol. The van der Waals surface area contributed by atoms with Crippen LogP contribution in [0.5, 0.6) is 0 Å². The maximum atomic E-state index is 12.8. The first-order valence-electron chi connectivity index (χ1n) is 10.3. The van der Waals surface area contributed by atoms with Crippen LogP contribution in [0.3, 0.4) is 0 Å². The van der Waals surface area contributed by atoms with E-state index < -0.39 is 35.6 Å². The Morgan fingerprint density at radius 2 is 1.63 bits per heavy atom. The molecule has 0 fully saturated rings. The molecular formula is C23H35NO6. The Kier molecular flexibility index (Phi) is 9.49. The fraction of sp³-hybridized carbons (Fsp3) is 0.609. The molecule has 0 aliphatic heterocycles. The summed E-state index contributed by atoms with van der Waals surface area (Å²) in [6, 6.07) is 6.86. The Morgan fingerprint density at radius 1 is 1.07 bits per heavy atom. The predicted octanol–water partition coefficient (Wildman–Crippen LogP) is 4.29. The molecule has 0 bridgehead atoms. The smallest absolute Gasteiger partial charge is 0.412 e. The van der Waals surface area contributed by atoms with Crippen molar-refractivity contribution >= 4 is 23.5 Å². The second-order valence-electron chi connectivity index (χ2n) is 8.75. The van der Waals surface area contributed by atoms with Crippen molar-refractivity contribution in [1.29, 1.82) is 0 Å². The van der Waals surface area contributed by atoms with E-state index in [1.165, 1.54) is 0 Å². The molecule has 0 saturated carbocycles. The molecular weight excluding hydrogens is 386 g/mol. The van der Waals surface area contributed by atoms with E-state index in [0.29, 0.717) is 5.69 Å². The lowest BCUT2D eigenvalue weighted by molar-refractivity contribution is -0.153. The van der Waals surface area contributed by atoms with Gasteiger partial charge >= 0.3 is 12.1 Å². The molecule has 30 heavy (non-hydrogen) atoms. The van der Waals surface area contributed by atoms with Crippen LogP contribution in [-0.4, -0.2) is 41.3 Å². The number of Topliss-reactive ketones (excluding diaryl/α,β-unsaturated/α-hetero) is 1. The van der Waals surface area contributed by atoms with Gasteiger partial charge in [0.15, 0.2) is 0 Å². The molecule has 168 valence electrons. The first-order valence-corrected chi connectivity index (χ1v) is 10.3. The first-order chi connectivity index (χ1) is 13.9. The number of benzene rings is 1. The zero-order chi connectivity index (χ0) is 23.1. The summed E-state index contributed by atoms with van der Waals surface area (Å²) in [5, 5.41) is 12.7.